The Morgan fingerprint density at radius 1 is 0.727 bits per heavy atom. The molecule has 0 aliphatic rings. The van der Waals surface area contributed by atoms with E-state index in [2.05, 4.69) is 0 Å². The molecule has 11 heavy (non-hydrogen) atoms. The maximum absolute atomic E-state index is 8.35. The maximum Gasteiger partial charge on any atom is 0.231 e. The molecule has 7 nitrogen and oxygen atoms in total. The van der Waals surface area contributed by atoms with Crippen LogP contribution in [0.15, 0.2) is 0 Å². The standard InChI is InChI=1S/3CHNO.H2O.H4Si/c3*2-1-3;;/h3*2H;1H2;1H4. The monoisotopic (exact) mass is 179 g/mol. The van der Waals surface area contributed by atoms with Crippen molar-refractivity contribution in [3.05, 3.63) is 0 Å². The van der Waals surface area contributed by atoms with Crippen molar-refractivity contribution >= 4 is 29.2 Å². The van der Waals surface area contributed by atoms with Gasteiger partial charge < -0.3 is 5.48 Å². The maximum atomic E-state index is 8.35. The Hall–Kier alpha value is -1.68. The second-order valence-electron chi connectivity index (χ2n) is 0.306. The fourth-order valence-corrected chi connectivity index (χ4v) is 0. The van der Waals surface area contributed by atoms with Gasteiger partial charge in [-0.25, -0.2) is 30.6 Å². The summed E-state index contributed by atoms with van der Waals surface area (Å²) in [6.45, 7) is 0. The predicted octanol–water partition coefficient (Wildman–Crippen LogP) is -2.57. The summed E-state index contributed by atoms with van der Waals surface area (Å²) in [5, 5.41) is 16.2. The van der Waals surface area contributed by atoms with Crippen LogP contribution in [-0.2, 0) is 14.4 Å². The van der Waals surface area contributed by atoms with Crippen LogP contribution < -0.4 is 0 Å². The summed E-state index contributed by atoms with van der Waals surface area (Å²) < 4.78 is 0. The minimum absolute atomic E-state index is 0. The third kappa shape index (κ3) is 117. The molecule has 5 N–H and O–H groups in total. The lowest BCUT2D eigenvalue weighted by molar-refractivity contribution is 0.562. The summed E-state index contributed by atoms with van der Waals surface area (Å²) in [6.07, 6.45) is 2.25. The van der Waals surface area contributed by atoms with Crippen molar-refractivity contribution in [2.75, 3.05) is 0 Å². The molecule has 0 spiro atoms. The summed E-state index contributed by atoms with van der Waals surface area (Å²) >= 11 is 0. The number of isocyanates is 3. The van der Waals surface area contributed by atoms with Gasteiger partial charge in [-0.15, -0.1) is 0 Å². The smallest absolute Gasteiger partial charge is 0.231 e. The van der Waals surface area contributed by atoms with Gasteiger partial charge in [0.15, 0.2) is 0 Å². The van der Waals surface area contributed by atoms with E-state index < -0.39 is 0 Å². The Bertz CT molecular complexity index is 112. The van der Waals surface area contributed by atoms with Gasteiger partial charge in [-0.05, 0) is 11.0 Å². The van der Waals surface area contributed by atoms with Crippen molar-refractivity contribution in [2.24, 2.45) is 0 Å². The largest absolute Gasteiger partial charge is 0.412 e. The zero-order valence-corrected chi connectivity index (χ0v) is 4.72. The zero-order chi connectivity index (χ0) is 8.12. The number of hydrogen-bond acceptors (Lipinski definition) is 6. The van der Waals surface area contributed by atoms with Crippen molar-refractivity contribution < 1.29 is 19.9 Å². The first-order valence-corrected chi connectivity index (χ1v) is 1.36. The Balaban J connectivity index is -0.0000000150. The Kier molecular flexibility index (Phi) is 807. The molecule has 0 fully saturated rings. The van der Waals surface area contributed by atoms with Crippen molar-refractivity contribution in [3.63, 3.8) is 0 Å². The molecule has 0 amide bonds. The molecular weight excluding hydrogens is 170 g/mol. The van der Waals surface area contributed by atoms with E-state index in [0.717, 1.165) is 18.2 Å². The van der Waals surface area contributed by atoms with Crippen LogP contribution in [0, 0.1) is 16.2 Å². The van der Waals surface area contributed by atoms with E-state index in [0.29, 0.717) is 0 Å². The molecular formula is C3H9N3O4Si. The van der Waals surface area contributed by atoms with Crippen LogP contribution in [-0.4, -0.2) is 34.7 Å². The average molecular weight is 179 g/mol. The van der Waals surface area contributed by atoms with Gasteiger partial charge in [-0.2, -0.15) is 0 Å². The van der Waals surface area contributed by atoms with Gasteiger partial charge >= 0.3 is 0 Å². The van der Waals surface area contributed by atoms with Crippen molar-refractivity contribution in [1.29, 1.82) is 16.2 Å². The Morgan fingerprint density at radius 2 is 0.727 bits per heavy atom. The summed E-state index contributed by atoms with van der Waals surface area (Å²) in [7, 11) is 0. The third-order valence-corrected chi connectivity index (χ3v) is 0. The van der Waals surface area contributed by atoms with Crippen LogP contribution in [0.4, 0.5) is 0 Å². The molecule has 0 saturated carbocycles. The highest BCUT2D eigenvalue weighted by Crippen LogP contribution is 0.874. The normalized spacial score (nSPS) is 2.18. The van der Waals surface area contributed by atoms with E-state index >= 15 is 0 Å². The molecule has 0 aromatic heterocycles. The third-order valence-electron chi connectivity index (χ3n) is 0. The summed E-state index contributed by atoms with van der Waals surface area (Å²) in [4.78, 5) is 25.0. The van der Waals surface area contributed by atoms with Gasteiger partial charge in [0, 0.05) is 0 Å². The Morgan fingerprint density at radius 3 is 0.727 bits per heavy atom. The van der Waals surface area contributed by atoms with E-state index in [1.54, 1.807) is 0 Å². The topological polar surface area (TPSA) is 154 Å². The fourth-order valence-electron chi connectivity index (χ4n) is 0. The summed E-state index contributed by atoms with van der Waals surface area (Å²) in [5.74, 6) is 0. The molecule has 0 radical (unpaired) electrons. The first kappa shape index (κ1) is 34.6. The second-order valence-corrected chi connectivity index (χ2v) is 0.306. The molecule has 0 unspecified atom stereocenters. The number of carbonyl (C=O) groups excluding carboxylic acids is 3. The molecule has 0 aliphatic carbocycles. The number of nitrogens with one attached hydrogen (secondary N) is 3. The molecule has 0 heterocycles. The van der Waals surface area contributed by atoms with Crippen LogP contribution >= 0.6 is 0 Å². The lowest BCUT2D eigenvalue weighted by atomic mass is 11.7. The summed E-state index contributed by atoms with van der Waals surface area (Å²) in [6, 6.07) is 0. The molecule has 0 aliphatic heterocycles. The highest BCUT2D eigenvalue weighted by molar-refractivity contribution is 5.75. The van der Waals surface area contributed by atoms with Crippen LogP contribution in [0.5, 0.6) is 0 Å². The van der Waals surface area contributed by atoms with Gasteiger partial charge in [0.2, 0.25) is 18.2 Å². The van der Waals surface area contributed by atoms with Crippen LogP contribution in [0.1, 0.15) is 0 Å². The van der Waals surface area contributed by atoms with Gasteiger partial charge in [-0.3, -0.25) is 0 Å². The van der Waals surface area contributed by atoms with Crippen LogP contribution in [0.2, 0.25) is 0 Å². The van der Waals surface area contributed by atoms with E-state index in [1.165, 1.54) is 0 Å². The van der Waals surface area contributed by atoms with Gasteiger partial charge in [0.05, 0.1) is 0 Å². The number of rotatable bonds is 0. The first-order valence-electron chi connectivity index (χ1n) is 1.36. The molecule has 0 rings (SSSR count). The van der Waals surface area contributed by atoms with Crippen LogP contribution in [0.25, 0.3) is 0 Å². The predicted molar refractivity (Wildman–Crippen MR) is 40.2 cm³/mol. The van der Waals surface area contributed by atoms with Gasteiger partial charge in [0.1, 0.15) is 0 Å². The van der Waals surface area contributed by atoms with Crippen LogP contribution in [0.3, 0.4) is 0 Å². The minimum Gasteiger partial charge on any atom is -0.412 e. The average Bonchev–Trinajstić information content (AvgIpc) is 1.70. The zero-order valence-electron chi connectivity index (χ0n) is 4.72. The number of hydrogen-bond donors (Lipinski definition) is 3. The van der Waals surface area contributed by atoms with E-state index in [1.807, 2.05) is 0 Å². The Labute approximate surface area is 66.3 Å². The lowest BCUT2D eigenvalue weighted by Crippen LogP contribution is -1.16. The minimum atomic E-state index is 0. The van der Waals surface area contributed by atoms with Crippen molar-refractivity contribution in [3.8, 4) is 0 Å². The first-order chi connectivity index (χ1) is 4.24. The molecule has 8 heteroatoms. The van der Waals surface area contributed by atoms with Gasteiger partial charge in [-0.1, -0.05) is 0 Å². The quantitative estimate of drug-likeness (QED) is 0.212. The van der Waals surface area contributed by atoms with E-state index in [-0.39, 0.29) is 16.4 Å². The molecule has 64 valence electrons. The molecule has 0 saturated heterocycles. The lowest BCUT2D eigenvalue weighted by Gasteiger charge is -1.02. The SMILES string of the molecule is N=C=O.N=C=O.N=C=O.O.[SiH4]. The fraction of sp³-hybridized carbons (Fsp3) is 0. The molecule has 0 aromatic carbocycles. The molecule has 0 aromatic rings. The molecule has 0 atom stereocenters. The van der Waals surface area contributed by atoms with Crippen molar-refractivity contribution in [2.45, 2.75) is 0 Å². The van der Waals surface area contributed by atoms with Gasteiger partial charge in [0.25, 0.3) is 0 Å². The highest BCUT2D eigenvalue weighted by atomic mass is 28.1. The van der Waals surface area contributed by atoms with E-state index in [4.69, 9.17) is 30.6 Å². The van der Waals surface area contributed by atoms with Crippen molar-refractivity contribution in [1.82, 2.24) is 0 Å². The second kappa shape index (κ2) is 257. The summed E-state index contributed by atoms with van der Waals surface area (Å²) in [5.41, 5.74) is 0. The highest BCUT2D eigenvalue weighted by Gasteiger charge is 1.04. The van der Waals surface area contributed by atoms with E-state index in [9.17, 15) is 0 Å². The molecule has 0 bridgehead atoms.